The summed E-state index contributed by atoms with van der Waals surface area (Å²) < 4.78 is 5.02. The van der Waals surface area contributed by atoms with Gasteiger partial charge in [-0.15, -0.1) is 0 Å². The van der Waals surface area contributed by atoms with Crippen LogP contribution in [0.4, 0.5) is 5.82 Å². The van der Waals surface area contributed by atoms with Gasteiger partial charge in [0.1, 0.15) is 5.82 Å². The molecule has 2 N–H and O–H groups in total. The average molecular weight is 284 g/mol. The molecule has 0 spiro atoms. The lowest BCUT2D eigenvalue weighted by atomic mass is 10.2. The Balaban J connectivity index is 2.52. The molecule has 18 heavy (non-hydrogen) atoms. The molecule has 1 aromatic carbocycles. The van der Waals surface area contributed by atoms with Crippen molar-refractivity contribution in [2.75, 3.05) is 12.8 Å². The van der Waals surface area contributed by atoms with E-state index in [9.17, 15) is 0 Å². The van der Waals surface area contributed by atoms with Crippen LogP contribution in [-0.2, 0) is 11.3 Å². The highest BCUT2D eigenvalue weighted by Crippen LogP contribution is 2.28. The van der Waals surface area contributed by atoms with E-state index in [1.807, 2.05) is 0 Å². The van der Waals surface area contributed by atoms with Gasteiger partial charge in [-0.3, -0.25) is 0 Å². The topological polar surface area (TPSA) is 61.0 Å². The molecule has 0 aliphatic rings. The fraction of sp³-hybridized carbons (Fsp3) is 0.167. The van der Waals surface area contributed by atoms with E-state index in [0.717, 1.165) is 0 Å². The highest BCUT2D eigenvalue weighted by molar-refractivity contribution is 6.35. The van der Waals surface area contributed by atoms with E-state index in [0.29, 0.717) is 39.6 Å². The first-order chi connectivity index (χ1) is 8.60. The predicted molar refractivity (Wildman–Crippen MR) is 72.6 cm³/mol. The number of benzene rings is 1. The number of nitrogens with two attached hydrogens (primary N) is 1. The van der Waals surface area contributed by atoms with Gasteiger partial charge in [0.25, 0.3) is 0 Å². The maximum Gasteiger partial charge on any atom is 0.163 e. The van der Waals surface area contributed by atoms with Crippen LogP contribution >= 0.6 is 23.2 Å². The summed E-state index contributed by atoms with van der Waals surface area (Å²) in [6.07, 6.45) is 0. The lowest BCUT2D eigenvalue weighted by molar-refractivity contribution is 0.181. The van der Waals surface area contributed by atoms with Gasteiger partial charge in [-0.05, 0) is 18.2 Å². The van der Waals surface area contributed by atoms with Crippen molar-refractivity contribution >= 4 is 29.0 Å². The van der Waals surface area contributed by atoms with Crippen molar-refractivity contribution in [2.45, 2.75) is 6.61 Å². The Bertz CT molecular complexity index is 575. The van der Waals surface area contributed by atoms with Crippen molar-refractivity contribution in [2.24, 2.45) is 0 Å². The smallest absolute Gasteiger partial charge is 0.163 e. The molecule has 0 saturated carbocycles. The largest absolute Gasteiger partial charge is 0.384 e. The van der Waals surface area contributed by atoms with Gasteiger partial charge in [0, 0.05) is 23.8 Å². The van der Waals surface area contributed by atoms with Gasteiger partial charge < -0.3 is 10.5 Å². The summed E-state index contributed by atoms with van der Waals surface area (Å²) in [4.78, 5) is 8.49. The first kappa shape index (κ1) is 13.1. The third kappa shape index (κ3) is 2.90. The molecule has 4 nitrogen and oxygen atoms in total. The van der Waals surface area contributed by atoms with Crippen LogP contribution in [0.2, 0.25) is 10.0 Å². The molecular weight excluding hydrogens is 273 g/mol. The molecule has 0 unspecified atom stereocenters. The highest BCUT2D eigenvalue weighted by Gasteiger charge is 2.10. The Morgan fingerprint density at radius 3 is 2.72 bits per heavy atom. The van der Waals surface area contributed by atoms with Crippen LogP contribution in [0.1, 0.15) is 5.69 Å². The van der Waals surface area contributed by atoms with Gasteiger partial charge in [0.15, 0.2) is 5.82 Å². The third-order valence-electron chi connectivity index (χ3n) is 2.26. The molecule has 0 fully saturated rings. The van der Waals surface area contributed by atoms with Crippen molar-refractivity contribution < 1.29 is 4.74 Å². The summed E-state index contributed by atoms with van der Waals surface area (Å²) in [5, 5.41) is 1.09. The Morgan fingerprint density at radius 1 is 1.22 bits per heavy atom. The van der Waals surface area contributed by atoms with Crippen molar-refractivity contribution in [3.8, 4) is 11.4 Å². The van der Waals surface area contributed by atoms with Crippen molar-refractivity contribution in [3.05, 3.63) is 40.0 Å². The standard InChI is InChI=1S/C12H11Cl2N3O/c1-18-6-8-5-11(15)17-12(16-8)9-4-7(13)2-3-10(9)14/h2-5H,6H2,1H3,(H2,15,16,17). The molecule has 0 radical (unpaired) electrons. The van der Waals surface area contributed by atoms with E-state index in [1.165, 1.54) is 0 Å². The maximum atomic E-state index is 6.10. The SMILES string of the molecule is COCc1cc(N)nc(-c2cc(Cl)ccc2Cl)n1. The number of hydrogen-bond acceptors (Lipinski definition) is 4. The number of ether oxygens (including phenoxy) is 1. The molecule has 0 saturated heterocycles. The molecule has 0 amide bonds. The fourth-order valence-corrected chi connectivity index (χ4v) is 1.90. The van der Waals surface area contributed by atoms with Crippen LogP contribution in [0, 0.1) is 0 Å². The highest BCUT2D eigenvalue weighted by atomic mass is 35.5. The maximum absolute atomic E-state index is 6.10. The first-order valence-electron chi connectivity index (χ1n) is 5.18. The van der Waals surface area contributed by atoms with Crippen LogP contribution < -0.4 is 5.73 Å². The third-order valence-corrected chi connectivity index (χ3v) is 2.83. The van der Waals surface area contributed by atoms with Crippen molar-refractivity contribution in [1.82, 2.24) is 9.97 Å². The molecule has 0 atom stereocenters. The Kier molecular flexibility index (Phi) is 4.01. The van der Waals surface area contributed by atoms with E-state index in [-0.39, 0.29) is 0 Å². The fourth-order valence-electron chi connectivity index (χ4n) is 1.53. The van der Waals surface area contributed by atoms with Gasteiger partial charge in [0.2, 0.25) is 0 Å². The minimum absolute atomic E-state index is 0.359. The summed E-state index contributed by atoms with van der Waals surface area (Å²) in [7, 11) is 1.59. The molecule has 1 heterocycles. The monoisotopic (exact) mass is 283 g/mol. The number of anilines is 1. The van der Waals surface area contributed by atoms with Crippen LogP contribution in [0.15, 0.2) is 24.3 Å². The predicted octanol–water partition coefficient (Wildman–Crippen LogP) is 3.18. The van der Waals surface area contributed by atoms with Gasteiger partial charge in [0.05, 0.1) is 17.3 Å². The number of hydrogen-bond donors (Lipinski definition) is 1. The average Bonchev–Trinajstić information content (AvgIpc) is 2.32. The normalized spacial score (nSPS) is 10.6. The second-order valence-electron chi connectivity index (χ2n) is 3.66. The summed E-state index contributed by atoms with van der Waals surface area (Å²) >= 11 is 12.0. The molecule has 0 aliphatic carbocycles. The van der Waals surface area contributed by atoms with Crippen LogP contribution in [0.25, 0.3) is 11.4 Å². The summed E-state index contributed by atoms with van der Waals surface area (Å²) in [6.45, 7) is 0.359. The van der Waals surface area contributed by atoms with E-state index in [1.54, 1.807) is 31.4 Å². The van der Waals surface area contributed by atoms with E-state index in [2.05, 4.69) is 9.97 Å². The summed E-state index contributed by atoms with van der Waals surface area (Å²) in [5.41, 5.74) is 7.07. The number of methoxy groups -OCH3 is 1. The zero-order valence-electron chi connectivity index (χ0n) is 9.65. The Hall–Kier alpha value is -1.36. The summed E-state index contributed by atoms with van der Waals surface area (Å²) in [6, 6.07) is 6.76. The lowest BCUT2D eigenvalue weighted by Crippen LogP contribution is -2.01. The zero-order chi connectivity index (χ0) is 13.1. The summed E-state index contributed by atoms with van der Waals surface area (Å²) in [5.74, 6) is 0.803. The van der Waals surface area contributed by atoms with Gasteiger partial charge in [-0.2, -0.15) is 0 Å². The van der Waals surface area contributed by atoms with E-state index in [4.69, 9.17) is 33.7 Å². The number of nitrogens with zero attached hydrogens (tertiary/aromatic N) is 2. The quantitative estimate of drug-likeness (QED) is 0.940. The van der Waals surface area contributed by atoms with Crippen molar-refractivity contribution in [3.63, 3.8) is 0 Å². The molecule has 0 bridgehead atoms. The molecular formula is C12H11Cl2N3O. The van der Waals surface area contributed by atoms with Gasteiger partial charge in [-0.1, -0.05) is 23.2 Å². The number of aromatic nitrogens is 2. The minimum Gasteiger partial charge on any atom is -0.384 e. The van der Waals surface area contributed by atoms with Gasteiger partial charge in [-0.25, -0.2) is 9.97 Å². The second kappa shape index (κ2) is 5.52. The van der Waals surface area contributed by atoms with Crippen LogP contribution in [-0.4, -0.2) is 17.1 Å². The Morgan fingerprint density at radius 2 is 2.00 bits per heavy atom. The van der Waals surface area contributed by atoms with Crippen LogP contribution in [0.3, 0.4) is 0 Å². The number of rotatable bonds is 3. The molecule has 2 aromatic rings. The first-order valence-corrected chi connectivity index (χ1v) is 5.93. The van der Waals surface area contributed by atoms with Gasteiger partial charge >= 0.3 is 0 Å². The second-order valence-corrected chi connectivity index (χ2v) is 4.51. The van der Waals surface area contributed by atoms with Crippen LogP contribution in [0.5, 0.6) is 0 Å². The Labute approximate surface area is 115 Å². The number of nitrogen functional groups attached to an aromatic ring is 1. The molecule has 6 heteroatoms. The molecule has 94 valence electrons. The number of halogens is 2. The van der Waals surface area contributed by atoms with E-state index >= 15 is 0 Å². The molecule has 2 rings (SSSR count). The van der Waals surface area contributed by atoms with E-state index < -0.39 is 0 Å². The molecule has 0 aliphatic heterocycles. The van der Waals surface area contributed by atoms with Crippen molar-refractivity contribution in [1.29, 1.82) is 0 Å². The zero-order valence-corrected chi connectivity index (χ0v) is 11.2. The minimum atomic E-state index is 0.359. The molecule has 1 aromatic heterocycles. The lowest BCUT2D eigenvalue weighted by Gasteiger charge is -2.07.